The van der Waals surface area contributed by atoms with Gasteiger partial charge in [-0.15, -0.1) is 11.3 Å². The van der Waals surface area contributed by atoms with Crippen molar-refractivity contribution >= 4 is 35.0 Å². The molecule has 9 nitrogen and oxygen atoms in total. The summed E-state index contributed by atoms with van der Waals surface area (Å²) in [6.07, 6.45) is 10.6. The zero-order valence-corrected chi connectivity index (χ0v) is 27.1. The number of likely N-dealkylation sites (tertiary alicyclic amines) is 1. The molecule has 1 fully saturated rings. The fraction of sp³-hybridized carbons (Fsp3) is 0.394. The molecule has 0 spiro atoms. The van der Waals surface area contributed by atoms with Gasteiger partial charge in [-0.25, -0.2) is 19.2 Å². The van der Waals surface area contributed by atoms with Crippen molar-refractivity contribution in [1.82, 2.24) is 24.8 Å². The van der Waals surface area contributed by atoms with Crippen LogP contribution in [0.1, 0.15) is 46.3 Å². The maximum absolute atomic E-state index is 13.9. The molecule has 2 aromatic heterocycles. The van der Waals surface area contributed by atoms with Crippen LogP contribution < -0.4 is 5.32 Å². The minimum Gasteiger partial charge on any atom is -0.461 e. The lowest BCUT2D eigenvalue weighted by Crippen LogP contribution is -2.45. The summed E-state index contributed by atoms with van der Waals surface area (Å²) >= 11 is 3.12. The zero-order chi connectivity index (χ0) is 31.6. The summed E-state index contributed by atoms with van der Waals surface area (Å²) in [6, 6.07) is 10.7. The van der Waals surface area contributed by atoms with Gasteiger partial charge in [-0.05, 0) is 79.3 Å². The number of amides is 1. The lowest BCUT2D eigenvalue weighted by molar-refractivity contribution is -0.153. The predicted octanol–water partition coefficient (Wildman–Crippen LogP) is 5.59. The second-order valence-corrected chi connectivity index (χ2v) is 13.0. The minimum absolute atomic E-state index is 0.154. The SMILES string of the molecule is CSCC[C@H](NC(=O)c1ccc(COC(Cn2ccnc2)c2nccs2)cc1-c1ccc(F)cc1)C(=O)OC1CCN(C)CC1. The van der Waals surface area contributed by atoms with Crippen LogP contribution in [0, 0.1) is 5.82 Å². The fourth-order valence-electron chi connectivity index (χ4n) is 5.20. The Morgan fingerprint density at radius 2 is 1.96 bits per heavy atom. The Labute approximate surface area is 271 Å². The first kappa shape index (κ1) is 32.8. The third-order valence-corrected chi connectivity index (χ3v) is 9.26. The van der Waals surface area contributed by atoms with Crippen LogP contribution in [-0.4, -0.2) is 75.6 Å². The first-order chi connectivity index (χ1) is 21.9. The van der Waals surface area contributed by atoms with Gasteiger partial charge < -0.3 is 24.3 Å². The van der Waals surface area contributed by atoms with Crippen LogP contribution in [0.15, 0.2) is 72.8 Å². The van der Waals surface area contributed by atoms with Crippen molar-refractivity contribution in [1.29, 1.82) is 0 Å². The number of thioether (sulfide) groups is 1. The number of carbonyl (C=O) groups is 2. The van der Waals surface area contributed by atoms with Crippen LogP contribution in [0.25, 0.3) is 11.1 Å². The van der Waals surface area contributed by atoms with Crippen LogP contribution >= 0.6 is 23.1 Å². The first-order valence-electron chi connectivity index (χ1n) is 14.9. The predicted molar refractivity (Wildman–Crippen MR) is 175 cm³/mol. The van der Waals surface area contributed by atoms with Crippen molar-refractivity contribution in [3.05, 3.63) is 94.7 Å². The van der Waals surface area contributed by atoms with Gasteiger partial charge in [0, 0.05) is 42.6 Å². The standard InChI is InChI=1S/C33H38FN5O4S2/c1-38-14-9-26(10-15-38)43-33(41)29(11-17-44-2)37-31(40)27-8-3-23(19-28(27)24-4-6-25(34)7-5-24)21-42-30(32-36-13-18-45-32)20-39-16-12-35-22-39/h3-8,12-13,16,18-19,22,26,29-30H,9-11,14-15,17,20-21H2,1-2H3,(H,37,40)/t29-,30?/m0/s1. The number of nitrogens with one attached hydrogen (secondary N) is 1. The van der Waals surface area contributed by atoms with E-state index in [2.05, 4.69) is 27.2 Å². The van der Waals surface area contributed by atoms with Crippen molar-refractivity contribution in [2.24, 2.45) is 0 Å². The topological polar surface area (TPSA) is 98.6 Å². The quantitative estimate of drug-likeness (QED) is 0.176. The molecule has 3 heterocycles. The van der Waals surface area contributed by atoms with Crippen molar-refractivity contribution in [2.45, 2.75) is 50.7 Å². The van der Waals surface area contributed by atoms with Gasteiger partial charge >= 0.3 is 5.97 Å². The number of hydrogen-bond acceptors (Lipinski definition) is 9. The highest BCUT2D eigenvalue weighted by molar-refractivity contribution is 7.98. The molecule has 0 saturated carbocycles. The number of nitrogens with zero attached hydrogens (tertiary/aromatic N) is 4. The Hall–Kier alpha value is -3.58. The summed E-state index contributed by atoms with van der Waals surface area (Å²) in [7, 11) is 2.05. The Kier molecular flexibility index (Phi) is 11.8. The first-order valence-corrected chi connectivity index (χ1v) is 17.2. The van der Waals surface area contributed by atoms with Gasteiger partial charge in [0.15, 0.2) is 0 Å². The van der Waals surface area contributed by atoms with Crippen molar-refractivity contribution in [2.75, 3.05) is 32.1 Å². The van der Waals surface area contributed by atoms with Crippen LogP contribution in [0.2, 0.25) is 0 Å². The number of imidazole rings is 1. The normalized spacial score (nSPS) is 15.4. The van der Waals surface area contributed by atoms with E-state index in [4.69, 9.17) is 9.47 Å². The van der Waals surface area contributed by atoms with Crippen LogP contribution in [-0.2, 0) is 27.4 Å². The molecule has 45 heavy (non-hydrogen) atoms. The lowest BCUT2D eigenvalue weighted by Gasteiger charge is -2.30. The molecule has 0 bridgehead atoms. The number of aromatic nitrogens is 3. The van der Waals surface area contributed by atoms with E-state index >= 15 is 0 Å². The molecule has 1 amide bonds. The van der Waals surface area contributed by atoms with Gasteiger partial charge in [0.2, 0.25) is 0 Å². The van der Waals surface area contributed by atoms with Gasteiger partial charge in [0.1, 0.15) is 29.1 Å². The number of piperidine rings is 1. The number of hydrogen-bond donors (Lipinski definition) is 1. The lowest BCUT2D eigenvalue weighted by atomic mass is 9.96. The molecule has 5 rings (SSSR count). The molecule has 4 aromatic rings. The van der Waals surface area contributed by atoms with Crippen molar-refractivity contribution in [3.8, 4) is 11.1 Å². The van der Waals surface area contributed by atoms with Crippen LogP contribution in [0.5, 0.6) is 0 Å². The molecule has 2 aromatic carbocycles. The maximum atomic E-state index is 13.9. The molecule has 238 valence electrons. The van der Waals surface area contributed by atoms with Crippen LogP contribution in [0.4, 0.5) is 4.39 Å². The second kappa shape index (κ2) is 16.1. The molecule has 0 aliphatic carbocycles. The van der Waals surface area contributed by atoms with Crippen LogP contribution in [0.3, 0.4) is 0 Å². The summed E-state index contributed by atoms with van der Waals surface area (Å²) in [4.78, 5) is 37.8. The molecular formula is C33H38FN5O4S2. The molecular weight excluding hydrogens is 614 g/mol. The van der Waals surface area contributed by atoms with Gasteiger partial charge in [-0.1, -0.05) is 18.2 Å². The Bertz CT molecular complexity index is 1510. The number of halogens is 1. The van der Waals surface area contributed by atoms with Gasteiger partial charge in [-0.2, -0.15) is 11.8 Å². The molecule has 0 radical (unpaired) electrons. The smallest absolute Gasteiger partial charge is 0.328 e. The second-order valence-electron chi connectivity index (χ2n) is 11.1. The zero-order valence-electron chi connectivity index (χ0n) is 25.4. The molecule has 12 heteroatoms. The van der Waals surface area contributed by atoms with E-state index in [1.165, 1.54) is 23.5 Å². The average molecular weight is 652 g/mol. The summed E-state index contributed by atoms with van der Waals surface area (Å²) < 4.78 is 28.0. The highest BCUT2D eigenvalue weighted by atomic mass is 32.2. The van der Waals surface area contributed by atoms with E-state index in [-0.39, 0.29) is 24.6 Å². The average Bonchev–Trinajstić information content (AvgIpc) is 3.78. The Balaban J connectivity index is 1.35. The number of rotatable bonds is 14. The third-order valence-electron chi connectivity index (χ3n) is 7.75. The highest BCUT2D eigenvalue weighted by Crippen LogP contribution is 2.29. The molecule has 1 saturated heterocycles. The summed E-state index contributed by atoms with van der Waals surface area (Å²) in [5, 5.41) is 5.70. The van der Waals surface area contributed by atoms with E-state index in [0.29, 0.717) is 35.4 Å². The molecule has 1 unspecified atom stereocenters. The number of benzene rings is 2. The van der Waals surface area contributed by atoms with Crippen molar-refractivity contribution < 1.29 is 23.5 Å². The number of carbonyl (C=O) groups excluding carboxylic acids is 2. The van der Waals surface area contributed by atoms with E-state index < -0.39 is 17.9 Å². The van der Waals surface area contributed by atoms with Crippen molar-refractivity contribution in [3.63, 3.8) is 0 Å². The molecule has 1 N–H and O–H groups in total. The summed E-state index contributed by atoms with van der Waals surface area (Å²) in [5.74, 6) is -0.488. The highest BCUT2D eigenvalue weighted by Gasteiger charge is 2.28. The monoisotopic (exact) mass is 651 g/mol. The minimum atomic E-state index is -0.782. The van der Waals surface area contributed by atoms with E-state index in [0.717, 1.165) is 36.5 Å². The van der Waals surface area contributed by atoms with Gasteiger partial charge in [0.25, 0.3) is 5.91 Å². The fourth-order valence-corrected chi connectivity index (χ4v) is 6.34. The number of thiazole rings is 1. The molecule has 1 aliphatic rings. The largest absolute Gasteiger partial charge is 0.461 e. The number of esters is 1. The molecule has 2 atom stereocenters. The molecule has 1 aliphatic heterocycles. The summed E-state index contributed by atoms with van der Waals surface area (Å²) in [5.41, 5.74) is 2.49. The Morgan fingerprint density at radius 1 is 1.16 bits per heavy atom. The van der Waals surface area contributed by atoms with Gasteiger partial charge in [-0.3, -0.25) is 4.79 Å². The third kappa shape index (κ3) is 9.23. The maximum Gasteiger partial charge on any atom is 0.328 e. The Morgan fingerprint density at radius 3 is 2.64 bits per heavy atom. The van der Waals surface area contributed by atoms with E-state index in [9.17, 15) is 14.0 Å². The van der Waals surface area contributed by atoms with Gasteiger partial charge in [0.05, 0.1) is 19.5 Å². The van der Waals surface area contributed by atoms with E-state index in [1.807, 2.05) is 34.5 Å². The number of ether oxygens (including phenoxy) is 2. The summed E-state index contributed by atoms with van der Waals surface area (Å²) in [6.45, 7) is 2.54. The van der Waals surface area contributed by atoms with E-state index in [1.54, 1.807) is 48.7 Å².